The molecule has 0 aromatic rings. The zero-order valence-corrected chi connectivity index (χ0v) is 11.6. The molecule has 0 amide bonds. The van der Waals surface area contributed by atoms with Gasteiger partial charge in [-0.2, -0.15) is 0 Å². The molecule has 0 aromatic heterocycles. The van der Waals surface area contributed by atoms with E-state index in [1.807, 2.05) is 0 Å². The van der Waals surface area contributed by atoms with Gasteiger partial charge in [-0.1, -0.05) is 13.8 Å². The van der Waals surface area contributed by atoms with Crippen molar-refractivity contribution < 1.29 is 0 Å². The summed E-state index contributed by atoms with van der Waals surface area (Å²) in [6.07, 6.45) is 6.93. The molecule has 16 heavy (non-hydrogen) atoms. The molecule has 1 saturated carbocycles. The summed E-state index contributed by atoms with van der Waals surface area (Å²) in [5.74, 6) is 1.87. The zero-order chi connectivity index (χ0) is 12.0. The van der Waals surface area contributed by atoms with Crippen LogP contribution < -0.4 is 5.32 Å². The maximum Gasteiger partial charge on any atom is 0.00672 e. The van der Waals surface area contributed by atoms with E-state index in [0.29, 0.717) is 0 Å². The largest absolute Gasteiger partial charge is 0.314 e. The van der Waals surface area contributed by atoms with Gasteiger partial charge in [0, 0.05) is 6.04 Å². The summed E-state index contributed by atoms with van der Waals surface area (Å²) in [6, 6.07) is 0.803. The smallest absolute Gasteiger partial charge is 0.00672 e. The Balaban J connectivity index is 2.04. The van der Waals surface area contributed by atoms with Gasteiger partial charge in [0.25, 0.3) is 0 Å². The van der Waals surface area contributed by atoms with Crippen LogP contribution in [-0.4, -0.2) is 38.1 Å². The van der Waals surface area contributed by atoms with Crippen LogP contribution in [0.2, 0.25) is 0 Å². The third-order valence-electron chi connectivity index (χ3n) is 3.93. The Morgan fingerprint density at radius 3 is 2.25 bits per heavy atom. The molecule has 0 aliphatic heterocycles. The van der Waals surface area contributed by atoms with E-state index in [1.54, 1.807) is 0 Å². The Hall–Kier alpha value is -0.0800. The van der Waals surface area contributed by atoms with Gasteiger partial charge in [-0.3, -0.25) is 0 Å². The normalized spacial score (nSPS) is 26.6. The average molecular weight is 226 g/mol. The fraction of sp³-hybridized carbons (Fsp3) is 1.00. The van der Waals surface area contributed by atoms with Gasteiger partial charge in [-0.25, -0.2) is 0 Å². The second kappa shape index (κ2) is 7.29. The van der Waals surface area contributed by atoms with E-state index < -0.39 is 0 Å². The summed E-state index contributed by atoms with van der Waals surface area (Å²) in [5, 5.41) is 3.71. The molecule has 0 saturated heterocycles. The van der Waals surface area contributed by atoms with E-state index >= 15 is 0 Å². The minimum Gasteiger partial charge on any atom is -0.314 e. The lowest BCUT2D eigenvalue weighted by Crippen LogP contribution is -2.35. The third-order valence-corrected chi connectivity index (χ3v) is 3.93. The number of hydrogen-bond donors (Lipinski definition) is 1. The highest BCUT2D eigenvalue weighted by atomic mass is 15.1. The van der Waals surface area contributed by atoms with E-state index in [-0.39, 0.29) is 0 Å². The molecule has 1 N–H and O–H groups in total. The summed E-state index contributed by atoms with van der Waals surface area (Å²) in [4.78, 5) is 2.26. The maximum atomic E-state index is 3.71. The lowest BCUT2D eigenvalue weighted by Gasteiger charge is -2.31. The van der Waals surface area contributed by atoms with Crippen molar-refractivity contribution in [3.8, 4) is 0 Å². The van der Waals surface area contributed by atoms with Gasteiger partial charge in [-0.05, 0) is 71.1 Å². The fourth-order valence-electron chi connectivity index (χ4n) is 2.69. The molecule has 2 heteroatoms. The molecule has 0 spiro atoms. The Bertz CT molecular complexity index is 170. The molecule has 1 aliphatic carbocycles. The first-order valence-corrected chi connectivity index (χ1v) is 6.97. The number of rotatable bonds is 6. The quantitative estimate of drug-likeness (QED) is 0.701. The van der Waals surface area contributed by atoms with E-state index in [4.69, 9.17) is 0 Å². The molecule has 0 atom stereocenters. The van der Waals surface area contributed by atoms with Crippen molar-refractivity contribution in [2.75, 3.05) is 27.2 Å². The zero-order valence-electron chi connectivity index (χ0n) is 11.6. The Morgan fingerprint density at radius 2 is 1.75 bits per heavy atom. The van der Waals surface area contributed by atoms with Gasteiger partial charge < -0.3 is 10.2 Å². The number of hydrogen-bond acceptors (Lipinski definition) is 2. The van der Waals surface area contributed by atoms with Gasteiger partial charge in [0.15, 0.2) is 0 Å². The van der Waals surface area contributed by atoms with Crippen molar-refractivity contribution in [1.29, 1.82) is 0 Å². The van der Waals surface area contributed by atoms with Crippen molar-refractivity contribution in [3.05, 3.63) is 0 Å². The highest BCUT2D eigenvalue weighted by Crippen LogP contribution is 2.29. The van der Waals surface area contributed by atoms with Gasteiger partial charge in [0.2, 0.25) is 0 Å². The summed E-state index contributed by atoms with van der Waals surface area (Å²) in [7, 11) is 4.29. The first-order valence-electron chi connectivity index (χ1n) is 6.97. The molecule has 0 aromatic carbocycles. The number of nitrogens with zero attached hydrogens (tertiary/aromatic N) is 1. The SMILES string of the molecule is CC(C)C1CCC(NCCCN(C)C)CC1. The minimum atomic E-state index is 0.803. The average Bonchev–Trinajstić information content (AvgIpc) is 2.25. The molecule has 0 heterocycles. The van der Waals surface area contributed by atoms with E-state index in [0.717, 1.165) is 17.9 Å². The van der Waals surface area contributed by atoms with Crippen molar-refractivity contribution in [3.63, 3.8) is 0 Å². The van der Waals surface area contributed by atoms with Crippen molar-refractivity contribution >= 4 is 0 Å². The number of nitrogens with one attached hydrogen (secondary N) is 1. The van der Waals surface area contributed by atoms with Crippen LogP contribution in [0.25, 0.3) is 0 Å². The van der Waals surface area contributed by atoms with Crippen LogP contribution in [0.4, 0.5) is 0 Å². The van der Waals surface area contributed by atoms with Crippen LogP contribution in [0.5, 0.6) is 0 Å². The summed E-state index contributed by atoms with van der Waals surface area (Å²) in [5.41, 5.74) is 0. The monoisotopic (exact) mass is 226 g/mol. The summed E-state index contributed by atoms with van der Waals surface area (Å²) in [6.45, 7) is 7.13. The second-order valence-corrected chi connectivity index (χ2v) is 5.97. The molecule has 1 rings (SSSR count). The molecule has 1 fully saturated rings. The Labute approximate surface area is 102 Å². The Kier molecular flexibility index (Phi) is 6.37. The predicted octanol–water partition coefficient (Wildman–Crippen LogP) is 2.74. The van der Waals surface area contributed by atoms with Crippen LogP contribution >= 0.6 is 0 Å². The molecule has 1 aliphatic rings. The topological polar surface area (TPSA) is 15.3 Å². The van der Waals surface area contributed by atoms with Gasteiger partial charge in [0.1, 0.15) is 0 Å². The van der Waals surface area contributed by atoms with E-state index in [1.165, 1.54) is 45.2 Å². The van der Waals surface area contributed by atoms with Gasteiger partial charge in [0.05, 0.1) is 0 Å². The molecule has 96 valence electrons. The molecule has 2 nitrogen and oxygen atoms in total. The highest BCUT2D eigenvalue weighted by Gasteiger charge is 2.22. The van der Waals surface area contributed by atoms with Crippen LogP contribution in [0.3, 0.4) is 0 Å². The first-order chi connectivity index (χ1) is 7.59. The van der Waals surface area contributed by atoms with Gasteiger partial charge in [-0.15, -0.1) is 0 Å². The van der Waals surface area contributed by atoms with Crippen LogP contribution in [0.15, 0.2) is 0 Å². The minimum absolute atomic E-state index is 0.803. The Morgan fingerprint density at radius 1 is 1.12 bits per heavy atom. The van der Waals surface area contributed by atoms with Crippen molar-refractivity contribution in [1.82, 2.24) is 10.2 Å². The fourth-order valence-corrected chi connectivity index (χ4v) is 2.69. The van der Waals surface area contributed by atoms with E-state index in [9.17, 15) is 0 Å². The third kappa shape index (κ3) is 5.31. The standard InChI is InChI=1S/C14H30N2/c1-12(2)13-6-8-14(9-7-13)15-10-5-11-16(3)4/h12-15H,5-11H2,1-4H3. The van der Waals surface area contributed by atoms with Gasteiger partial charge >= 0.3 is 0 Å². The molecule has 0 radical (unpaired) electrons. The lowest BCUT2D eigenvalue weighted by atomic mass is 9.80. The lowest BCUT2D eigenvalue weighted by molar-refractivity contribution is 0.237. The predicted molar refractivity (Wildman–Crippen MR) is 71.8 cm³/mol. The summed E-state index contributed by atoms with van der Waals surface area (Å²) >= 11 is 0. The van der Waals surface area contributed by atoms with Crippen molar-refractivity contribution in [2.45, 2.75) is 52.0 Å². The second-order valence-electron chi connectivity index (χ2n) is 5.97. The highest BCUT2D eigenvalue weighted by molar-refractivity contribution is 4.78. The molecular formula is C14H30N2. The van der Waals surface area contributed by atoms with E-state index in [2.05, 4.69) is 38.2 Å². The van der Waals surface area contributed by atoms with Crippen LogP contribution in [0.1, 0.15) is 46.0 Å². The molecular weight excluding hydrogens is 196 g/mol. The van der Waals surface area contributed by atoms with Crippen molar-refractivity contribution in [2.24, 2.45) is 11.8 Å². The van der Waals surface area contributed by atoms with Crippen LogP contribution in [0, 0.1) is 11.8 Å². The van der Waals surface area contributed by atoms with Crippen LogP contribution in [-0.2, 0) is 0 Å². The molecule has 0 unspecified atom stereocenters. The summed E-state index contributed by atoms with van der Waals surface area (Å²) < 4.78 is 0. The first kappa shape index (κ1) is 14.0. The maximum absolute atomic E-state index is 3.71. The molecule has 0 bridgehead atoms.